The van der Waals surface area contributed by atoms with Crippen molar-refractivity contribution in [2.45, 2.75) is 18.9 Å². The fourth-order valence-corrected chi connectivity index (χ4v) is 1.49. The quantitative estimate of drug-likeness (QED) is 0.523. The molecule has 0 spiro atoms. The van der Waals surface area contributed by atoms with Gasteiger partial charge in [-0.15, -0.1) is 0 Å². The van der Waals surface area contributed by atoms with Crippen molar-refractivity contribution in [3.8, 4) is 0 Å². The lowest BCUT2D eigenvalue weighted by Gasteiger charge is -2.28. The number of rotatable bonds is 0. The predicted molar refractivity (Wildman–Crippen MR) is 43.1 cm³/mol. The molecule has 1 fully saturated rings. The van der Waals surface area contributed by atoms with E-state index in [1.54, 1.807) is 0 Å². The van der Waals surface area contributed by atoms with Gasteiger partial charge in [-0.25, -0.2) is 0 Å². The van der Waals surface area contributed by atoms with Crippen LogP contribution in [0.4, 0.5) is 0 Å². The molecule has 0 aliphatic carbocycles. The molecule has 2 N–H and O–H groups in total. The van der Waals surface area contributed by atoms with Crippen LogP contribution in [-0.2, 0) is 4.74 Å². The van der Waals surface area contributed by atoms with Gasteiger partial charge in [-0.1, -0.05) is 0 Å². The topological polar surface area (TPSA) is 33.3 Å². The van der Waals surface area contributed by atoms with Crippen molar-refractivity contribution in [3.63, 3.8) is 0 Å². The molecule has 2 heterocycles. The first-order chi connectivity index (χ1) is 5.45. The first-order valence-corrected chi connectivity index (χ1v) is 4.25. The zero-order chi connectivity index (χ0) is 7.52. The van der Waals surface area contributed by atoms with E-state index in [1.807, 2.05) is 6.20 Å². The van der Waals surface area contributed by atoms with Crippen LogP contribution in [0, 0.1) is 0 Å². The van der Waals surface area contributed by atoms with Crippen LogP contribution in [0.2, 0.25) is 0 Å². The standard InChI is InChI=1S/C8H14N2O/c1-2-7-4-10-6-8(11-7)5-9-3-1/h4,8-10H,1-3,5-6H2/t8-/m1/s1. The summed E-state index contributed by atoms with van der Waals surface area (Å²) in [5.74, 6) is 1.13. The highest BCUT2D eigenvalue weighted by atomic mass is 16.5. The Morgan fingerprint density at radius 2 is 2.45 bits per heavy atom. The predicted octanol–water partition coefficient (Wildman–Crippen LogP) is 0.200. The van der Waals surface area contributed by atoms with E-state index in [0.29, 0.717) is 6.10 Å². The molecule has 62 valence electrons. The van der Waals surface area contributed by atoms with Gasteiger partial charge in [0.15, 0.2) is 0 Å². The van der Waals surface area contributed by atoms with Gasteiger partial charge in [-0.05, 0) is 13.0 Å². The maximum Gasteiger partial charge on any atom is 0.128 e. The molecule has 3 nitrogen and oxygen atoms in total. The minimum atomic E-state index is 0.343. The Balaban J connectivity index is 2.01. The molecule has 0 unspecified atom stereocenters. The molecule has 1 atom stereocenters. The lowest BCUT2D eigenvalue weighted by molar-refractivity contribution is 0.0872. The number of allylic oxidation sites excluding steroid dienone is 1. The van der Waals surface area contributed by atoms with E-state index in [1.165, 1.54) is 6.42 Å². The highest BCUT2D eigenvalue weighted by Crippen LogP contribution is 2.13. The van der Waals surface area contributed by atoms with Crippen LogP contribution < -0.4 is 10.6 Å². The van der Waals surface area contributed by atoms with Crippen LogP contribution in [0.3, 0.4) is 0 Å². The molecule has 2 rings (SSSR count). The van der Waals surface area contributed by atoms with Gasteiger partial charge in [0.05, 0.1) is 6.54 Å². The molecule has 0 amide bonds. The zero-order valence-electron chi connectivity index (χ0n) is 6.60. The molecule has 0 saturated carbocycles. The van der Waals surface area contributed by atoms with Gasteiger partial charge in [0.1, 0.15) is 11.9 Å². The summed E-state index contributed by atoms with van der Waals surface area (Å²) in [6, 6.07) is 0. The Bertz CT molecular complexity index is 167. The first kappa shape index (κ1) is 6.98. The Kier molecular flexibility index (Phi) is 1.99. The van der Waals surface area contributed by atoms with E-state index >= 15 is 0 Å². The lowest BCUT2D eigenvalue weighted by Crippen LogP contribution is -2.40. The Morgan fingerprint density at radius 3 is 3.45 bits per heavy atom. The SMILES string of the molecule is C1=C2CCCNC[C@H](CN1)O2. The average Bonchev–Trinajstić information content (AvgIpc) is 2.02. The van der Waals surface area contributed by atoms with E-state index in [2.05, 4.69) is 10.6 Å². The summed E-state index contributed by atoms with van der Waals surface area (Å²) in [6.45, 7) is 3.04. The summed E-state index contributed by atoms with van der Waals surface area (Å²) in [5, 5.41) is 6.58. The fraction of sp³-hybridized carbons (Fsp3) is 0.750. The molecule has 3 heteroatoms. The van der Waals surface area contributed by atoms with E-state index in [-0.39, 0.29) is 0 Å². The highest BCUT2D eigenvalue weighted by Gasteiger charge is 2.17. The Hall–Kier alpha value is -0.700. The second kappa shape index (κ2) is 3.13. The van der Waals surface area contributed by atoms with Gasteiger partial charge in [0.2, 0.25) is 0 Å². The molecule has 2 aliphatic rings. The second-order valence-electron chi connectivity index (χ2n) is 3.07. The summed E-state index contributed by atoms with van der Waals surface area (Å²) >= 11 is 0. The molecule has 0 aromatic rings. The molecule has 11 heavy (non-hydrogen) atoms. The summed E-state index contributed by atoms with van der Waals surface area (Å²) in [5.41, 5.74) is 0. The third-order valence-electron chi connectivity index (χ3n) is 2.08. The number of nitrogens with one attached hydrogen (secondary N) is 2. The molecule has 0 aromatic heterocycles. The molecule has 2 aliphatic heterocycles. The van der Waals surface area contributed by atoms with Crippen molar-refractivity contribution in [1.29, 1.82) is 0 Å². The molecule has 1 saturated heterocycles. The Labute approximate surface area is 66.8 Å². The van der Waals surface area contributed by atoms with Crippen LogP contribution >= 0.6 is 0 Å². The third-order valence-corrected chi connectivity index (χ3v) is 2.08. The monoisotopic (exact) mass is 154 g/mol. The molecule has 2 bridgehead atoms. The van der Waals surface area contributed by atoms with Crippen LogP contribution in [0.15, 0.2) is 12.0 Å². The number of ether oxygens (including phenoxy) is 1. The minimum absolute atomic E-state index is 0.343. The molecule has 0 radical (unpaired) electrons. The van der Waals surface area contributed by atoms with Crippen molar-refractivity contribution in [1.82, 2.24) is 10.6 Å². The van der Waals surface area contributed by atoms with Gasteiger partial charge in [-0.3, -0.25) is 0 Å². The Morgan fingerprint density at radius 1 is 1.45 bits per heavy atom. The lowest BCUT2D eigenvalue weighted by atomic mass is 10.2. The third kappa shape index (κ3) is 1.66. The van der Waals surface area contributed by atoms with E-state index in [4.69, 9.17) is 4.74 Å². The summed E-state index contributed by atoms with van der Waals surface area (Å²) in [4.78, 5) is 0. The number of hydrogen-bond donors (Lipinski definition) is 2. The largest absolute Gasteiger partial charge is 0.490 e. The van der Waals surface area contributed by atoms with E-state index in [0.717, 1.165) is 31.8 Å². The van der Waals surface area contributed by atoms with Crippen LogP contribution in [0.25, 0.3) is 0 Å². The minimum Gasteiger partial charge on any atom is -0.490 e. The highest BCUT2D eigenvalue weighted by molar-refractivity contribution is 4.98. The van der Waals surface area contributed by atoms with Crippen molar-refractivity contribution < 1.29 is 4.74 Å². The van der Waals surface area contributed by atoms with Gasteiger partial charge in [-0.2, -0.15) is 0 Å². The molecular formula is C8H14N2O. The van der Waals surface area contributed by atoms with Gasteiger partial charge >= 0.3 is 0 Å². The van der Waals surface area contributed by atoms with Crippen molar-refractivity contribution in [2.24, 2.45) is 0 Å². The van der Waals surface area contributed by atoms with Crippen molar-refractivity contribution in [3.05, 3.63) is 12.0 Å². The first-order valence-electron chi connectivity index (χ1n) is 4.25. The fourth-order valence-electron chi connectivity index (χ4n) is 1.49. The van der Waals surface area contributed by atoms with Crippen LogP contribution in [0.5, 0.6) is 0 Å². The summed E-state index contributed by atoms with van der Waals surface area (Å²) < 4.78 is 5.66. The normalized spacial score (nSPS) is 30.5. The number of fused-ring (bicyclic) bond motifs is 2. The van der Waals surface area contributed by atoms with Gasteiger partial charge in [0, 0.05) is 19.2 Å². The maximum absolute atomic E-state index is 5.66. The van der Waals surface area contributed by atoms with Crippen molar-refractivity contribution >= 4 is 0 Å². The van der Waals surface area contributed by atoms with Crippen molar-refractivity contribution in [2.75, 3.05) is 19.6 Å². The van der Waals surface area contributed by atoms with Crippen LogP contribution in [-0.4, -0.2) is 25.7 Å². The maximum atomic E-state index is 5.66. The summed E-state index contributed by atoms with van der Waals surface area (Å²) in [7, 11) is 0. The van der Waals surface area contributed by atoms with E-state index < -0.39 is 0 Å². The smallest absolute Gasteiger partial charge is 0.128 e. The average molecular weight is 154 g/mol. The number of hydrogen-bond acceptors (Lipinski definition) is 3. The zero-order valence-corrected chi connectivity index (χ0v) is 6.60. The van der Waals surface area contributed by atoms with Gasteiger partial charge < -0.3 is 15.4 Å². The second-order valence-corrected chi connectivity index (χ2v) is 3.07. The summed E-state index contributed by atoms with van der Waals surface area (Å²) in [6.07, 6.45) is 4.59. The van der Waals surface area contributed by atoms with Crippen LogP contribution in [0.1, 0.15) is 12.8 Å². The van der Waals surface area contributed by atoms with E-state index in [9.17, 15) is 0 Å². The molecular weight excluding hydrogens is 140 g/mol. The van der Waals surface area contributed by atoms with Gasteiger partial charge in [0.25, 0.3) is 0 Å². The molecule has 0 aromatic carbocycles.